The summed E-state index contributed by atoms with van der Waals surface area (Å²) >= 11 is 0. The summed E-state index contributed by atoms with van der Waals surface area (Å²) in [5.74, 6) is -0.810. The number of esters is 1. The first-order chi connectivity index (χ1) is 21.2. The van der Waals surface area contributed by atoms with E-state index in [4.69, 9.17) is 14.2 Å². The molecule has 0 aromatic heterocycles. The number of hydrogen-bond acceptors (Lipinski definition) is 9. The van der Waals surface area contributed by atoms with Crippen molar-refractivity contribution in [3.05, 3.63) is 48.1 Å². The van der Waals surface area contributed by atoms with Crippen LogP contribution in [0.25, 0.3) is 0 Å². The van der Waals surface area contributed by atoms with Crippen molar-refractivity contribution in [2.45, 2.75) is 123 Å². The van der Waals surface area contributed by atoms with E-state index in [-0.39, 0.29) is 36.9 Å². The molecule has 9 atom stereocenters. The number of aliphatic hydroxyl groups is 3. The number of cyclic esters (lactones) is 1. The van der Waals surface area contributed by atoms with Crippen molar-refractivity contribution in [2.75, 3.05) is 26.2 Å². The van der Waals surface area contributed by atoms with Crippen LogP contribution < -0.4 is 5.32 Å². The lowest BCUT2D eigenvalue weighted by Gasteiger charge is -2.26. The first-order valence-electron chi connectivity index (χ1n) is 16.5. The molecule has 9 unspecified atom stereocenters. The monoisotopic (exact) mass is 634 g/mol. The molecule has 1 saturated heterocycles. The fraction of sp³-hybridized carbons (Fsp3) is 0.714. The van der Waals surface area contributed by atoms with Crippen LogP contribution in [0.1, 0.15) is 80.6 Å². The summed E-state index contributed by atoms with van der Waals surface area (Å²) in [5.41, 5.74) is 0.229. The van der Waals surface area contributed by atoms with Gasteiger partial charge in [0.2, 0.25) is 0 Å². The quantitative estimate of drug-likeness (QED) is 0.0944. The van der Waals surface area contributed by atoms with E-state index < -0.39 is 42.1 Å². The molecule has 256 valence electrons. The Labute approximate surface area is 270 Å². The lowest BCUT2D eigenvalue weighted by Crippen LogP contribution is -2.36. The number of alkyl carbamates (subject to hydrolysis) is 1. The molecule has 0 aliphatic carbocycles. The Balaban J connectivity index is 2.13. The molecule has 10 heteroatoms. The van der Waals surface area contributed by atoms with Crippen molar-refractivity contribution in [3.63, 3.8) is 0 Å². The number of rotatable bonds is 14. The van der Waals surface area contributed by atoms with Crippen LogP contribution in [0.3, 0.4) is 0 Å². The predicted molar refractivity (Wildman–Crippen MR) is 176 cm³/mol. The second-order valence-electron chi connectivity index (χ2n) is 12.8. The van der Waals surface area contributed by atoms with Gasteiger partial charge in [-0.2, -0.15) is 0 Å². The van der Waals surface area contributed by atoms with E-state index in [0.29, 0.717) is 37.9 Å². The molecular weight excluding hydrogens is 576 g/mol. The second-order valence-corrected chi connectivity index (χ2v) is 12.8. The summed E-state index contributed by atoms with van der Waals surface area (Å²) in [7, 11) is 0. The van der Waals surface area contributed by atoms with E-state index in [1.807, 2.05) is 33.8 Å². The van der Waals surface area contributed by atoms with Crippen LogP contribution >= 0.6 is 0 Å². The second kappa shape index (κ2) is 18.6. The van der Waals surface area contributed by atoms with Crippen LogP contribution in [0.2, 0.25) is 0 Å². The fourth-order valence-corrected chi connectivity index (χ4v) is 5.59. The molecule has 2 aliphatic rings. The molecule has 1 fully saturated rings. The summed E-state index contributed by atoms with van der Waals surface area (Å²) in [6, 6.07) is 0. The Bertz CT molecular complexity index is 1050. The van der Waals surface area contributed by atoms with Crippen molar-refractivity contribution in [3.8, 4) is 0 Å². The minimum absolute atomic E-state index is 0.000128. The summed E-state index contributed by atoms with van der Waals surface area (Å²) < 4.78 is 17.3. The number of epoxide rings is 1. The average Bonchev–Trinajstić information content (AvgIpc) is 3.75. The Morgan fingerprint density at radius 2 is 1.98 bits per heavy atom. The van der Waals surface area contributed by atoms with Gasteiger partial charge in [0.05, 0.1) is 36.4 Å². The molecule has 2 heterocycles. The molecule has 2 aliphatic heterocycles. The Hall–Kier alpha value is -2.50. The third kappa shape index (κ3) is 13.4. The van der Waals surface area contributed by atoms with Gasteiger partial charge in [-0.1, -0.05) is 65.5 Å². The normalized spacial score (nSPS) is 30.1. The number of amides is 1. The zero-order valence-corrected chi connectivity index (χ0v) is 28.4. The van der Waals surface area contributed by atoms with Gasteiger partial charge in [-0.25, -0.2) is 4.79 Å². The standard InChI is InChI=1S/C35H58N2O8/c1-9-28(39)26(7)33-30(43-33)22-35(8,42)18-12-13-24(5)32-25(6)15-17-29(23(4)14-16-27(38)21-31(40)45-32)44-34(41)36-19-20-37(10-2)11-3/h12-13,15,17-18,25-30,32-33,38-39,42H,4,9-11,14,16,19-22H2,1-3,5-8H3,(H,36,41)/b17-15+,18-12+,24-13+. The highest BCUT2D eigenvalue weighted by atomic mass is 16.6. The smallest absolute Gasteiger partial charge is 0.408 e. The largest absolute Gasteiger partial charge is 0.457 e. The van der Waals surface area contributed by atoms with E-state index in [0.717, 1.165) is 18.7 Å². The van der Waals surface area contributed by atoms with E-state index in [9.17, 15) is 24.9 Å². The molecule has 0 radical (unpaired) electrons. The number of hydrogen-bond donors (Lipinski definition) is 4. The van der Waals surface area contributed by atoms with Gasteiger partial charge < -0.3 is 39.7 Å². The van der Waals surface area contributed by atoms with Crippen LogP contribution in [-0.4, -0.2) is 101 Å². The molecule has 0 bridgehead atoms. The number of aliphatic hydroxyl groups excluding tert-OH is 2. The van der Waals surface area contributed by atoms with Crippen LogP contribution in [0.15, 0.2) is 48.1 Å². The van der Waals surface area contributed by atoms with Gasteiger partial charge in [0.1, 0.15) is 12.2 Å². The minimum Gasteiger partial charge on any atom is -0.457 e. The maximum Gasteiger partial charge on any atom is 0.408 e. The molecule has 2 rings (SSSR count). The highest BCUT2D eigenvalue weighted by Crippen LogP contribution is 2.37. The van der Waals surface area contributed by atoms with E-state index in [2.05, 4.69) is 30.6 Å². The lowest BCUT2D eigenvalue weighted by molar-refractivity contribution is -0.151. The number of ether oxygens (including phenoxy) is 3. The molecule has 45 heavy (non-hydrogen) atoms. The Morgan fingerprint density at radius 1 is 1.29 bits per heavy atom. The van der Waals surface area contributed by atoms with E-state index >= 15 is 0 Å². The van der Waals surface area contributed by atoms with E-state index in [1.165, 1.54) is 0 Å². The number of nitrogens with zero attached hydrogens (tertiary/aromatic N) is 1. The van der Waals surface area contributed by atoms with Gasteiger partial charge in [-0.05, 0) is 63.4 Å². The van der Waals surface area contributed by atoms with Crippen molar-refractivity contribution >= 4 is 12.1 Å². The molecule has 0 aromatic carbocycles. The molecule has 4 N–H and O–H groups in total. The molecule has 0 saturated carbocycles. The molecular formula is C35H58N2O8. The number of carbonyl (C=O) groups is 2. The predicted octanol–water partition coefficient (Wildman–Crippen LogP) is 4.45. The van der Waals surface area contributed by atoms with Crippen LogP contribution in [0.5, 0.6) is 0 Å². The van der Waals surface area contributed by atoms with Gasteiger partial charge in [0.15, 0.2) is 0 Å². The lowest BCUT2D eigenvalue weighted by atomic mass is 9.91. The van der Waals surface area contributed by atoms with Gasteiger partial charge in [-0.3, -0.25) is 4.79 Å². The third-order valence-electron chi connectivity index (χ3n) is 8.80. The van der Waals surface area contributed by atoms with E-state index in [1.54, 1.807) is 31.2 Å². The fourth-order valence-electron chi connectivity index (χ4n) is 5.59. The average molecular weight is 635 g/mol. The zero-order valence-electron chi connectivity index (χ0n) is 28.4. The third-order valence-corrected chi connectivity index (χ3v) is 8.80. The number of likely N-dealkylation sites (N-methyl/N-ethyl adjacent to an activating group) is 1. The summed E-state index contributed by atoms with van der Waals surface area (Å²) in [6.07, 6.45) is 6.90. The SMILES string of the molecule is C=C1CCC(O)CC(=O)OC(/C(C)=C/C=C/C(C)(O)CC2OC2C(C)C(O)CC)C(C)/C=C/C1OC(=O)NCCN(CC)CC. The molecule has 10 nitrogen and oxygen atoms in total. The molecule has 0 aromatic rings. The first kappa shape index (κ1) is 38.7. The Morgan fingerprint density at radius 3 is 2.62 bits per heavy atom. The number of nitrogens with one attached hydrogen (secondary N) is 1. The van der Waals surface area contributed by atoms with Crippen LogP contribution in [0.4, 0.5) is 4.79 Å². The van der Waals surface area contributed by atoms with Crippen molar-refractivity contribution in [1.29, 1.82) is 0 Å². The first-order valence-corrected chi connectivity index (χ1v) is 16.5. The van der Waals surface area contributed by atoms with Gasteiger partial charge >= 0.3 is 12.1 Å². The molecule has 1 amide bonds. The summed E-state index contributed by atoms with van der Waals surface area (Å²) in [6.45, 7) is 20.5. The minimum atomic E-state index is -1.14. The zero-order chi connectivity index (χ0) is 33.7. The maximum absolute atomic E-state index is 12.7. The highest BCUT2D eigenvalue weighted by Gasteiger charge is 2.47. The summed E-state index contributed by atoms with van der Waals surface area (Å²) in [4.78, 5) is 27.6. The Kier molecular flexibility index (Phi) is 16.0. The molecule has 0 spiro atoms. The van der Waals surface area contributed by atoms with Crippen molar-refractivity contribution < 1.29 is 39.1 Å². The van der Waals surface area contributed by atoms with Crippen LogP contribution in [0, 0.1) is 11.8 Å². The number of carbonyl (C=O) groups excluding carboxylic acids is 2. The van der Waals surface area contributed by atoms with Gasteiger partial charge in [0.25, 0.3) is 0 Å². The number of allylic oxidation sites excluding steroid dienone is 2. The van der Waals surface area contributed by atoms with Crippen LogP contribution in [-0.2, 0) is 19.0 Å². The highest BCUT2D eigenvalue weighted by molar-refractivity contribution is 5.70. The summed E-state index contributed by atoms with van der Waals surface area (Å²) in [5, 5.41) is 34.4. The van der Waals surface area contributed by atoms with Crippen molar-refractivity contribution in [1.82, 2.24) is 10.2 Å². The maximum atomic E-state index is 12.7. The van der Waals surface area contributed by atoms with Crippen molar-refractivity contribution in [2.24, 2.45) is 11.8 Å². The van der Waals surface area contributed by atoms with Gasteiger partial charge in [0, 0.05) is 31.3 Å². The topological polar surface area (TPSA) is 141 Å². The van der Waals surface area contributed by atoms with Gasteiger partial charge in [-0.15, -0.1) is 0 Å².